The van der Waals surface area contributed by atoms with Gasteiger partial charge in [0.1, 0.15) is 0 Å². The first-order valence-corrected chi connectivity index (χ1v) is 6.31. The highest BCUT2D eigenvalue weighted by molar-refractivity contribution is 7.99. The van der Waals surface area contributed by atoms with Crippen molar-refractivity contribution >= 4 is 21.9 Å². The SMILES string of the molecule is CCSCCCCS(=O)(=O)[O-]. The lowest BCUT2D eigenvalue weighted by molar-refractivity contribution is 0.461. The van der Waals surface area contributed by atoms with Crippen LogP contribution >= 0.6 is 11.8 Å². The minimum absolute atomic E-state index is 0.211. The van der Waals surface area contributed by atoms with Crippen molar-refractivity contribution in [1.82, 2.24) is 0 Å². The molecule has 0 amide bonds. The smallest absolute Gasteiger partial charge is 0.0945 e. The van der Waals surface area contributed by atoms with E-state index in [4.69, 9.17) is 0 Å². The fraction of sp³-hybridized carbons (Fsp3) is 1.00. The first-order chi connectivity index (χ1) is 5.06. The number of hydrogen-bond donors (Lipinski definition) is 0. The zero-order chi connectivity index (χ0) is 8.74. The molecular formula is C6H13O3S2-. The number of unbranched alkanes of at least 4 members (excludes halogenated alkanes) is 1. The molecule has 0 aliphatic rings. The van der Waals surface area contributed by atoms with Gasteiger partial charge in [0.05, 0.1) is 10.1 Å². The van der Waals surface area contributed by atoms with Crippen LogP contribution in [0.3, 0.4) is 0 Å². The molecule has 0 N–H and O–H groups in total. The Bertz CT molecular complexity index is 174. The molecule has 11 heavy (non-hydrogen) atoms. The number of rotatable bonds is 6. The Balaban J connectivity index is 3.16. The van der Waals surface area contributed by atoms with Gasteiger partial charge in [-0.2, -0.15) is 11.8 Å². The largest absolute Gasteiger partial charge is 0.748 e. The molecule has 0 radical (unpaired) electrons. The molecule has 0 atom stereocenters. The lowest BCUT2D eigenvalue weighted by atomic mass is 10.4. The summed E-state index contributed by atoms with van der Waals surface area (Å²) >= 11 is 1.76. The van der Waals surface area contributed by atoms with Gasteiger partial charge in [-0.3, -0.25) is 0 Å². The highest BCUT2D eigenvalue weighted by Gasteiger charge is 1.94. The second kappa shape index (κ2) is 5.85. The molecule has 0 bridgehead atoms. The summed E-state index contributed by atoms with van der Waals surface area (Å²) in [6.45, 7) is 2.05. The molecule has 0 aromatic carbocycles. The second-order valence-electron chi connectivity index (χ2n) is 2.17. The molecule has 0 saturated heterocycles. The zero-order valence-corrected chi connectivity index (χ0v) is 8.21. The Kier molecular flexibility index (Phi) is 5.99. The molecule has 68 valence electrons. The predicted molar refractivity (Wildman–Crippen MR) is 46.8 cm³/mol. The van der Waals surface area contributed by atoms with Gasteiger partial charge in [0.25, 0.3) is 0 Å². The predicted octanol–water partition coefficient (Wildman–Crippen LogP) is 1.06. The van der Waals surface area contributed by atoms with Crippen molar-refractivity contribution in [2.45, 2.75) is 19.8 Å². The van der Waals surface area contributed by atoms with E-state index in [1.165, 1.54) is 0 Å². The van der Waals surface area contributed by atoms with E-state index in [-0.39, 0.29) is 5.75 Å². The number of thioether (sulfide) groups is 1. The Morgan fingerprint density at radius 1 is 1.36 bits per heavy atom. The molecule has 5 heteroatoms. The van der Waals surface area contributed by atoms with Crippen LogP contribution in [-0.4, -0.2) is 30.2 Å². The average molecular weight is 197 g/mol. The van der Waals surface area contributed by atoms with Crippen LogP contribution in [0.25, 0.3) is 0 Å². The van der Waals surface area contributed by atoms with Gasteiger partial charge in [0.2, 0.25) is 0 Å². The fourth-order valence-electron chi connectivity index (χ4n) is 0.627. The minimum atomic E-state index is -3.97. The molecule has 0 spiro atoms. The first-order valence-electron chi connectivity index (χ1n) is 3.57. The Hall–Kier alpha value is 0.260. The van der Waals surface area contributed by atoms with E-state index in [1.807, 2.05) is 0 Å². The fourth-order valence-corrected chi connectivity index (χ4v) is 1.88. The molecule has 0 saturated carbocycles. The monoisotopic (exact) mass is 197 g/mol. The summed E-state index contributed by atoms with van der Waals surface area (Å²) in [5.74, 6) is 1.79. The van der Waals surface area contributed by atoms with Crippen LogP contribution in [0.2, 0.25) is 0 Å². The third-order valence-corrected chi connectivity index (χ3v) is 2.91. The van der Waals surface area contributed by atoms with Crippen molar-refractivity contribution in [3.8, 4) is 0 Å². The zero-order valence-electron chi connectivity index (χ0n) is 6.58. The van der Waals surface area contributed by atoms with Crippen molar-refractivity contribution < 1.29 is 13.0 Å². The van der Waals surface area contributed by atoms with Crippen LogP contribution in [0.1, 0.15) is 19.8 Å². The Morgan fingerprint density at radius 3 is 2.45 bits per heavy atom. The lowest BCUT2D eigenvalue weighted by Gasteiger charge is -2.04. The van der Waals surface area contributed by atoms with Gasteiger partial charge < -0.3 is 4.55 Å². The maximum atomic E-state index is 10.1. The molecule has 0 aliphatic carbocycles. The van der Waals surface area contributed by atoms with Gasteiger partial charge in [0.15, 0.2) is 0 Å². The highest BCUT2D eigenvalue weighted by atomic mass is 32.2. The van der Waals surface area contributed by atoms with Crippen molar-refractivity contribution in [1.29, 1.82) is 0 Å². The highest BCUT2D eigenvalue weighted by Crippen LogP contribution is 2.03. The normalized spacial score (nSPS) is 11.8. The van der Waals surface area contributed by atoms with Gasteiger partial charge in [-0.15, -0.1) is 0 Å². The third kappa shape index (κ3) is 10.3. The van der Waals surface area contributed by atoms with E-state index in [2.05, 4.69) is 6.92 Å². The van der Waals surface area contributed by atoms with Gasteiger partial charge in [-0.05, 0) is 24.3 Å². The Morgan fingerprint density at radius 2 is 2.00 bits per heavy atom. The molecule has 0 heterocycles. The van der Waals surface area contributed by atoms with Crippen LogP contribution in [0.5, 0.6) is 0 Å². The van der Waals surface area contributed by atoms with Gasteiger partial charge >= 0.3 is 0 Å². The second-order valence-corrected chi connectivity index (χ2v) is 5.08. The van der Waals surface area contributed by atoms with Crippen LogP contribution in [0, 0.1) is 0 Å². The van der Waals surface area contributed by atoms with Crippen LogP contribution < -0.4 is 0 Å². The van der Waals surface area contributed by atoms with E-state index in [1.54, 1.807) is 11.8 Å². The van der Waals surface area contributed by atoms with Crippen molar-refractivity contribution in [3.63, 3.8) is 0 Å². The van der Waals surface area contributed by atoms with Crippen molar-refractivity contribution in [2.24, 2.45) is 0 Å². The van der Waals surface area contributed by atoms with Crippen LogP contribution in [0.15, 0.2) is 0 Å². The van der Waals surface area contributed by atoms with Crippen molar-refractivity contribution in [3.05, 3.63) is 0 Å². The van der Waals surface area contributed by atoms with E-state index in [0.29, 0.717) is 6.42 Å². The summed E-state index contributed by atoms with van der Waals surface area (Å²) in [6.07, 6.45) is 1.32. The standard InChI is InChI=1S/C6H14O3S2/c1-2-10-5-3-4-6-11(7,8)9/h2-6H2,1H3,(H,7,8,9)/p-1. The van der Waals surface area contributed by atoms with E-state index in [9.17, 15) is 13.0 Å². The van der Waals surface area contributed by atoms with E-state index >= 15 is 0 Å². The molecular weight excluding hydrogens is 184 g/mol. The molecule has 0 aromatic heterocycles. The molecule has 0 aliphatic heterocycles. The summed E-state index contributed by atoms with van der Waals surface area (Å²) in [4.78, 5) is 0. The van der Waals surface area contributed by atoms with Crippen molar-refractivity contribution in [2.75, 3.05) is 17.3 Å². The van der Waals surface area contributed by atoms with Crippen LogP contribution in [0.4, 0.5) is 0 Å². The van der Waals surface area contributed by atoms with Gasteiger partial charge in [0, 0.05) is 5.75 Å². The summed E-state index contributed by atoms with van der Waals surface area (Å²) in [7, 11) is -3.97. The maximum absolute atomic E-state index is 10.1. The lowest BCUT2D eigenvalue weighted by Crippen LogP contribution is -2.04. The van der Waals surface area contributed by atoms with E-state index in [0.717, 1.165) is 17.9 Å². The topological polar surface area (TPSA) is 57.2 Å². The molecule has 3 nitrogen and oxygen atoms in total. The molecule has 0 aromatic rings. The average Bonchev–Trinajstić information content (AvgIpc) is 1.85. The minimum Gasteiger partial charge on any atom is -0.748 e. The first kappa shape index (κ1) is 11.3. The number of hydrogen-bond acceptors (Lipinski definition) is 4. The Labute approximate surface area is 72.3 Å². The summed E-state index contributed by atoms with van der Waals surface area (Å²) < 4.78 is 30.3. The van der Waals surface area contributed by atoms with Gasteiger partial charge in [-0.25, -0.2) is 8.42 Å². The molecule has 0 rings (SSSR count). The third-order valence-electron chi connectivity index (χ3n) is 1.14. The maximum Gasteiger partial charge on any atom is 0.0945 e. The van der Waals surface area contributed by atoms with Gasteiger partial charge in [-0.1, -0.05) is 6.92 Å². The van der Waals surface area contributed by atoms with Crippen LogP contribution in [-0.2, 0) is 10.1 Å². The summed E-state index contributed by atoms with van der Waals surface area (Å²) in [5.41, 5.74) is 0. The summed E-state index contributed by atoms with van der Waals surface area (Å²) in [6, 6.07) is 0. The summed E-state index contributed by atoms with van der Waals surface area (Å²) in [5, 5.41) is 0. The molecule has 0 unspecified atom stereocenters. The molecule has 0 fully saturated rings. The quantitative estimate of drug-likeness (QED) is 0.472. The van der Waals surface area contributed by atoms with E-state index < -0.39 is 10.1 Å².